The average molecular weight is 305 g/mol. The van der Waals surface area contributed by atoms with Crippen LogP contribution in [0.2, 0.25) is 0 Å². The smallest absolute Gasteiger partial charge is 0.280 e. The number of carbonyl (C=O) groups excluding carboxylic acids is 1. The number of benzene rings is 2. The third kappa shape index (κ3) is 3.35. The predicted molar refractivity (Wildman–Crippen MR) is 89.0 cm³/mol. The van der Waals surface area contributed by atoms with E-state index >= 15 is 0 Å². The summed E-state index contributed by atoms with van der Waals surface area (Å²) in [6, 6.07) is 18.0. The molecule has 0 radical (unpaired) electrons. The molecule has 1 heterocycles. The van der Waals surface area contributed by atoms with Crippen molar-refractivity contribution in [3.05, 3.63) is 88.3 Å². The SMILES string of the molecule is Cc1cccc(NC(=O)c2nn(-c3ccccc3)ccc2=O)c1. The van der Waals surface area contributed by atoms with Gasteiger partial charge in [-0.25, -0.2) is 4.68 Å². The van der Waals surface area contributed by atoms with Crippen LogP contribution in [0.25, 0.3) is 5.69 Å². The largest absolute Gasteiger partial charge is 0.320 e. The molecule has 0 fully saturated rings. The topological polar surface area (TPSA) is 64.0 Å². The van der Waals surface area contributed by atoms with Crippen molar-refractivity contribution in [1.82, 2.24) is 9.78 Å². The minimum Gasteiger partial charge on any atom is -0.320 e. The second-order valence-electron chi connectivity index (χ2n) is 5.13. The van der Waals surface area contributed by atoms with Gasteiger partial charge in [-0.3, -0.25) is 9.59 Å². The van der Waals surface area contributed by atoms with Gasteiger partial charge in [0.1, 0.15) is 0 Å². The Kier molecular flexibility index (Phi) is 4.01. The van der Waals surface area contributed by atoms with E-state index in [4.69, 9.17) is 0 Å². The van der Waals surface area contributed by atoms with Crippen LogP contribution >= 0.6 is 0 Å². The van der Waals surface area contributed by atoms with Gasteiger partial charge in [-0.2, -0.15) is 5.10 Å². The summed E-state index contributed by atoms with van der Waals surface area (Å²) in [5.74, 6) is -0.522. The van der Waals surface area contributed by atoms with Crippen molar-refractivity contribution >= 4 is 11.6 Å². The Morgan fingerprint density at radius 1 is 1.04 bits per heavy atom. The number of para-hydroxylation sites is 1. The highest BCUT2D eigenvalue weighted by molar-refractivity contribution is 6.02. The fraction of sp³-hybridized carbons (Fsp3) is 0.0556. The summed E-state index contributed by atoms with van der Waals surface area (Å²) in [5, 5.41) is 6.86. The van der Waals surface area contributed by atoms with Crippen LogP contribution < -0.4 is 10.7 Å². The fourth-order valence-electron chi connectivity index (χ4n) is 2.20. The lowest BCUT2D eigenvalue weighted by molar-refractivity contribution is 0.101. The number of nitrogens with one attached hydrogen (secondary N) is 1. The first-order valence-electron chi connectivity index (χ1n) is 7.17. The number of rotatable bonds is 3. The molecule has 5 nitrogen and oxygen atoms in total. The van der Waals surface area contributed by atoms with Gasteiger partial charge in [0.15, 0.2) is 5.69 Å². The first-order valence-corrected chi connectivity index (χ1v) is 7.17. The van der Waals surface area contributed by atoms with Gasteiger partial charge in [0.2, 0.25) is 5.43 Å². The van der Waals surface area contributed by atoms with Crippen molar-refractivity contribution in [2.45, 2.75) is 6.92 Å². The highest BCUT2D eigenvalue weighted by atomic mass is 16.2. The van der Waals surface area contributed by atoms with Gasteiger partial charge in [-0.1, -0.05) is 30.3 Å². The summed E-state index contributed by atoms with van der Waals surface area (Å²) >= 11 is 0. The Morgan fingerprint density at radius 2 is 1.83 bits per heavy atom. The molecule has 3 rings (SSSR count). The van der Waals surface area contributed by atoms with E-state index in [9.17, 15) is 9.59 Å². The van der Waals surface area contributed by atoms with Crippen molar-refractivity contribution in [1.29, 1.82) is 0 Å². The second kappa shape index (κ2) is 6.27. The maximum Gasteiger partial charge on any atom is 0.280 e. The number of anilines is 1. The van der Waals surface area contributed by atoms with Gasteiger partial charge in [0.25, 0.3) is 5.91 Å². The van der Waals surface area contributed by atoms with E-state index in [1.807, 2.05) is 55.5 Å². The first-order chi connectivity index (χ1) is 11.1. The van der Waals surface area contributed by atoms with Crippen molar-refractivity contribution in [2.24, 2.45) is 0 Å². The van der Waals surface area contributed by atoms with Crippen molar-refractivity contribution < 1.29 is 4.79 Å². The Hall–Kier alpha value is -3.21. The average Bonchev–Trinajstić information content (AvgIpc) is 2.56. The third-order valence-electron chi connectivity index (χ3n) is 3.32. The lowest BCUT2D eigenvalue weighted by atomic mass is 10.2. The Balaban J connectivity index is 1.93. The molecular formula is C18H15N3O2. The highest BCUT2D eigenvalue weighted by Crippen LogP contribution is 2.10. The van der Waals surface area contributed by atoms with E-state index in [-0.39, 0.29) is 5.69 Å². The zero-order chi connectivity index (χ0) is 16.2. The molecule has 2 aromatic carbocycles. The number of hydrogen-bond donors (Lipinski definition) is 1. The lowest BCUT2D eigenvalue weighted by Crippen LogP contribution is -2.25. The van der Waals surface area contributed by atoms with Gasteiger partial charge in [-0.05, 0) is 36.8 Å². The highest BCUT2D eigenvalue weighted by Gasteiger charge is 2.13. The molecule has 3 aromatic rings. The summed E-state index contributed by atoms with van der Waals surface area (Å²) < 4.78 is 1.51. The van der Waals surface area contributed by atoms with Gasteiger partial charge in [0, 0.05) is 18.0 Å². The molecule has 1 aromatic heterocycles. The normalized spacial score (nSPS) is 10.3. The zero-order valence-corrected chi connectivity index (χ0v) is 12.6. The number of amides is 1. The number of nitrogens with zero attached hydrogens (tertiary/aromatic N) is 2. The molecule has 1 N–H and O–H groups in total. The van der Waals surface area contributed by atoms with Crippen LogP contribution in [-0.4, -0.2) is 15.7 Å². The molecule has 0 aliphatic rings. The number of aryl methyl sites for hydroxylation is 1. The summed E-state index contributed by atoms with van der Waals surface area (Å²) in [7, 11) is 0. The summed E-state index contributed by atoms with van der Waals surface area (Å²) in [6.07, 6.45) is 1.54. The molecule has 0 unspecified atom stereocenters. The monoisotopic (exact) mass is 305 g/mol. The molecule has 0 saturated heterocycles. The molecule has 0 bridgehead atoms. The molecule has 114 valence electrons. The quantitative estimate of drug-likeness (QED) is 0.809. The standard InChI is InChI=1S/C18H15N3O2/c1-13-6-5-7-14(12-13)19-18(23)17-16(22)10-11-21(20-17)15-8-3-2-4-9-15/h2-12H,1H3,(H,19,23). The molecule has 1 amide bonds. The Morgan fingerprint density at radius 3 is 2.57 bits per heavy atom. The van der Waals surface area contributed by atoms with Gasteiger partial charge in [0.05, 0.1) is 5.69 Å². The minimum absolute atomic E-state index is 0.141. The van der Waals surface area contributed by atoms with Crippen LogP contribution in [-0.2, 0) is 0 Å². The molecule has 5 heteroatoms. The predicted octanol–water partition coefficient (Wildman–Crippen LogP) is 2.79. The van der Waals surface area contributed by atoms with E-state index in [2.05, 4.69) is 10.4 Å². The first kappa shape index (κ1) is 14.7. The van der Waals surface area contributed by atoms with Crippen LogP contribution in [0.5, 0.6) is 0 Å². The summed E-state index contributed by atoms with van der Waals surface area (Å²) in [4.78, 5) is 24.3. The van der Waals surface area contributed by atoms with Gasteiger partial charge in [-0.15, -0.1) is 0 Å². The van der Waals surface area contributed by atoms with Crippen molar-refractivity contribution in [3.8, 4) is 5.69 Å². The molecule has 0 spiro atoms. The van der Waals surface area contributed by atoms with Crippen LogP contribution in [0.4, 0.5) is 5.69 Å². The fourth-order valence-corrected chi connectivity index (χ4v) is 2.20. The number of carbonyl (C=O) groups is 1. The van der Waals surface area contributed by atoms with E-state index in [0.29, 0.717) is 5.69 Å². The van der Waals surface area contributed by atoms with Gasteiger partial charge >= 0.3 is 0 Å². The maximum atomic E-state index is 12.3. The molecular weight excluding hydrogens is 290 g/mol. The van der Waals surface area contributed by atoms with E-state index in [0.717, 1.165) is 11.3 Å². The van der Waals surface area contributed by atoms with Crippen LogP contribution in [0.15, 0.2) is 71.7 Å². The second-order valence-corrected chi connectivity index (χ2v) is 5.13. The maximum absolute atomic E-state index is 12.3. The van der Waals surface area contributed by atoms with Crippen LogP contribution in [0.3, 0.4) is 0 Å². The molecule has 0 saturated carbocycles. The zero-order valence-electron chi connectivity index (χ0n) is 12.6. The third-order valence-corrected chi connectivity index (χ3v) is 3.32. The van der Waals surface area contributed by atoms with E-state index in [1.54, 1.807) is 12.3 Å². The van der Waals surface area contributed by atoms with Crippen LogP contribution in [0.1, 0.15) is 16.1 Å². The van der Waals surface area contributed by atoms with E-state index in [1.165, 1.54) is 10.7 Å². The lowest BCUT2D eigenvalue weighted by Gasteiger charge is -2.08. The van der Waals surface area contributed by atoms with Crippen molar-refractivity contribution in [2.75, 3.05) is 5.32 Å². The van der Waals surface area contributed by atoms with Crippen molar-refractivity contribution in [3.63, 3.8) is 0 Å². The Labute approximate surface area is 133 Å². The van der Waals surface area contributed by atoms with Crippen LogP contribution in [0, 0.1) is 6.92 Å². The molecule has 23 heavy (non-hydrogen) atoms. The van der Waals surface area contributed by atoms with E-state index < -0.39 is 11.3 Å². The number of aromatic nitrogens is 2. The molecule has 0 aliphatic carbocycles. The molecule has 0 atom stereocenters. The number of hydrogen-bond acceptors (Lipinski definition) is 3. The molecule has 0 aliphatic heterocycles. The summed E-state index contributed by atoms with van der Waals surface area (Å²) in [6.45, 7) is 1.93. The Bertz CT molecular complexity index is 901. The minimum atomic E-state index is -0.522. The summed E-state index contributed by atoms with van der Waals surface area (Å²) in [5.41, 5.74) is 1.87. The van der Waals surface area contributed by atoms with Gasteiger partial charge < -0.3 is 5.32 Å².